The molecule has 152 valence electrons. The van der Waals surface area contributed by atoms with Gasteiger partial charge in [0.1, 0.15) is 5.69 Å². The van der Waals surface area contributed by atoms with Crippen LogP contribution in [0.4, 0.5) is 16.2 Å². The highest BCUT2D eigenvalue weighted by atomic mass is 16.2. The molecule has 2 N–H and O–H groups in total. The molecule has 3 heterocycles. The van der Waals surface area contributed by atoms with Gasteiger partial charge in [0, 0.05) is 59.1 Å². The van der Waals surface area contributed by atoms with Crippen molar-refractivity contribution < 1.29 is 9.59 Å². The fourth-order valence-electron chi connectivity index (χ4n) is 3.77. The third-order valence-corrected chi connectivity index (χ3v) is 5.52. The van der Waals surface area contributed by atoms with Gasteiger partial charge in [-0.25, -0.2) is 9.78 Å². The van der Waals surface area contributed by atoms with E-state index in [2.05, 4.69) is 43.6 Å². The van der Waals surface area contributed by atoms with Gasteiger partial charge in [0.2, 0.25) is 0 Å². The minimum absolute atomic E-state index is 0.0562. The maximum atomic E-state index is 11.9. The summed E-state index contributed by atoms with van der Waals surface area (Å²) in [6.45, 7) is 5.22. The van der Waals surface area contributed by atoms with Crippen LogP contribution >= 0.6 is 0 Å². The Bertz CT molecular complexity index is 906. The Labute approximate surface area is 170 Å². The highest BCUT2D eigenvalue weighted by molar-refractivity contribution is 5.92. The van der Waals surface area contributed by atoms with Crippen LogP contribution in [0.2, 0.25) is 0 Å². The van der Waals surface area contributed by atoms with Crippen LogP contribution in [0, 0.1) is 0 Å². The molecule has 4 rings (SSSR count). The van der Waals surface area contributed by atoms with Crippen molar-refractivity contribution in [2.24, 2.45) is 0 Å². The van der Waals surface area contributed by atoms with Gasteiger partial charge in [-0.3, -0.25) is 9.69 Å². The summed E-state index contributed by atoms with van der Waals surface area (Å²) in [5.41, 5.74) is 4.75. The summed E-state index contributed by atoms with van der Waals surface area (Å²) in [6.07, 6.45) is 1.77. The number of urea groups is 1. The Morgan fingerprint density at radius 2 is 1.97 bits per heavy atom. The van der Waals surface area contributed by atoms with Crippen LogP contribution in [0.25, 0.3) is 0 Å². The van der Waals surface area contributed by atoms with E-state index in [0.29, 0.717) is 12.2 Å². The van der Waals surface area contributed by atoms with Gasteiger partial charge in [-0.1, -0.05) is 12.1 Å². The summed E-state index contributed by atoms with van der Waals surface area (Å²) in [4.78, 5) is 34.1. The SMILES string of the molecule is CNC(=O)c1ccc(N2CCN(Cc3ccc4c(c3)NC(=O)N(C)C4)CC2)cn1. The summed E-state index contributed by atoms with van der Waals surface area (Å²) >= 11 is 0. The van der Waals surface area contributed by atoms with Gasteiger partial charge in [0.25, 0.3) is 5.91 Å². The zero-order valence-electron chi connectivity index (χ0n) is 16.8. The third kappa shape index (κ3) is 4.17. The van der Waals surface area contributed by atoms with Crippen LogP contribution in [0.1, 0.15) is 21.6 Å². The fraction of sp³-hybridized carbons (Fsp3) is 0.381. The monoisotopic (exact) mass is 394 g/mol. The minimum atomic E-state index is -0.172. The van der Waals surface area contributed by atoms with Crippen molar-refractivity contribution in [3.8, 4) is 0 Å². The molecule has 1 saturated heterocycles. The third-order valence-electron chi connectivity index (χ3n) is 5.52. The number of hydrogen-bond acceptors (Lipinski definition) is 5. The van der Waals surface area contributed by atoms with Crippen molar-refractivity contribution in [2.75, 3.05) is 50.5 Å². The molecule has 1 aromatic carbocycles. The van der Waals surface area contributed by atoms with Crippen molar-refractivity contribution in [3.63, 3.8) is 0 Å². The number of hydrogen-bond donors (Lipinski definition) is 2. The molecule has 8 heteroatoms. The Balaban J connectivity index is 1.34. The van der Waals surface area contributed by atoms with Crippen LogP contribution < -0.4 is 15.5 Å². The standard InChI is InChI=1S/C21H26N6O2/c1-22-20(28)18-6-5-17(12-23-18)27-9-7-26(8-10-27)13-15-3-4-16-14-25(2)21(29)24-19(16)11-15/h3-6,11-12H,7-10,13-14H2,1-2H3,(H,22,28)(H,24,29). The summed E-state index contributed by atoms with van der Waals surface area (Å²) in [6, 6.07) is 10.0. The topological polar surface area (TPSA) is 80.8 Å². The number of rotatable bonds is 4. The molecule has 3 amide bonds. The molecular weight excluding hydrogens is 368 g/mol. The molecule has 0 unspecified atom stereocenters. The molecule has 1 fully saturated rings. The van der Waals surface area contributed by atoms with Crippen LogP contribution in [0.15, 0.2) is 36.5 Å². The van der Waals surface area contributed by atoms with Crippen molar-refractivity contribution >= 4 is 23.3 Å². The van der Waals surface area contributed by atoms with Gasteiger partial charge < -0.3 is 20.4 Å². The Morgan fingerprint density at radius 1 is 1.17 bits per heavy atom. The van der Waals surface area contributed by atoms with Gasteiger partial charge in [0.15, 0.2) is 0 Å². The number of piperazine rings is 1. The fourth-order valence-corrected chi connectivity index (χ4v) is 3.77. The average Bonchev–Trinajstić information content (AvgIpc) is 2.75. The molecular formula is C21H26N6O2. The predicted octanol–water partition coefficient (Wildman–Crippen LogP) is 1.74. The first-order valence-corrected chi connectivity index (χ1v) is 9.83. The average molecular weight is 394 g/mol. The lowest BCUT2D eigenvalue weighted by Gasteiger charge is -2.36. The van der Waals surface area contributed by atoms with Gasteiger partial charge in [-0.05, 0) is 29.3 Å². The molecule has 1 aromatic heterocycles. The molecule has 0 spiro atoms. The lowest BCUT2D eigenvalue weighted by Crippen LogP contribution is -2.46. The van der Waals surface area contributed by atoms with Gasteiger partial charge in [-0.2, -0.15) is 0 Å². The molecule has 2 aliphatic heterocycles. The van der Waals surface area contributed by atoms with E-state index in [9.17, 15) is 9.59 Å². The number of benzene rings is 1. The van der Waals surface area contributed by atoms with Crippen LogP contribution in [0.3, 0.4) is 0 Å². The highest BCUT2D eigenvalue weighted by Crippen LogP contribution is 2.25. The second-order valence-corrected chi connectivity index (χ2v) is 7.52. The number of anilines is 2. The van der Waals surface area contributed by atoms with Crippen molar-refractivity contribution in [2.45, 2.75) is 13.1 Å². The van der Waals surface area contributed by atoms with E-state index < -0.39 is 0 Å². The Kier molecular flexibility index (Phi) is 5.35. The summed E-state index contributed by atoms with van der Waals surface area (Å²) in [5.74, 6) is -0.172. The highest BCUT2D eigenvalue weighted by Gasteiger charge is 2.21. The van der Waals surface area contributed by atoms with Crippen molar-refractivity contribution in [1.82, 2.24) is 20.1 Å². The Hall–Kier alpha value is -3.13. The minimum Gasteiger partial charge on any atom is -0.368 e. The van der Waals surface area contributed by atoms with Gasteiger partial charge in [0.05, 0.1) is 11.9 Å². The molecule has 8 nitrogen and oxygen atoms in total. The molecule has 0 aliphatic carbocycles. The predicted molar refractivity (Wildman–Crippen MR) is 112 cm³/mol. The van der Waals surface area contributed by atoms with E-state index in [0.717, 1.165) is 49.7 Å². The first-order valence-electron chi connectivity index (χ1n) is 9.83. The number of nitrogens with zero attached hydrogens (tertiary/aromatic N) is 4. The first-order chi connectivity index (χ1) is 14.0. The number of nitrogens with one attached hydrogen (secondary N) is 2. The first kappa shape index (κ1) is 19.2. The molecule has 0 atom stereocenters. The van der Waals surface area contributed by atoms with Crippen LogP contribution in [0.5, 0.6) is 0 Å². The van der Waals surface area contributed by atoms with E-state index in [1.807, 2.05) is 6.07 Å². The van der Waals surface area contributed by atoms with E-state index in [-0.39, 0.29) is 11.9 Å². The molecule has 2 aliphatic rings. The summed E-state index contributed by atoms with van der Waals surface area (Å²) in [7, 11) is 3.40. The number of amides is 3. The van der Waals surface area contributed by atoms with E-state index in [1.54, 1.807) is 31.3 Å². The second-order valence-electron chi connectivity index (χ2n) is 7.52. The maximum Gasteiger partial charge on any atom is 0.321 e. The van der Waals surface area contributed by atoms with Crippen molar-refractivity contribution in [1.29, 1.82) is 0 Å². The second kappa shape index (κ2) is 8.08. The molecule has 29 heavy (non-hydrogen) atoms. The van der Waals surface area contributed by atoms with Crippen LogP contribution in [-0.2, 0) is 13.1 Å². The van der Waals surface area contributed by atoms with Crippen molar-refractivity contribution in [3.05, 3.63) is 53.3 Å². The summed E-state index contributed by atoms with van der Waals surface area (Å²) < 4.78 is 0. The number of fused-ring (bicyclic) bond motifs is 1. The molecule has 2 aromatic rings. The maximum absolute atomic E-state index is 11.9. The molecule has 0 saturated carbocycles. The number of carbonyl (C=O) groups excluding carboxylic acids is 2. The van der Waals surface area contributed by atoms with E-state index in [1.165, 1.54) is 5.56 Å². The lowest BCUT2D eigenvalue weighted by molar-refractivity contribution is 0.0958. The van der Waals surface area contributed by atoms with Crippen LogP contribution in [-0.4, -0.2) is 67.0 Å². The smallest absolute Gasteiger partial charge is 0.321 e. The number of aromatic nitrogens is 1. The number of carbonyl (C=O) groups is 2. The number of pyridine rings is 1. The Morgan fingerprint density at radius 3 is 2.66 bits per heavy atom. The summed E-state index contributed by atoms with van der Waals surface area (Å²) in [5, 5.41) is 5.54. The lowest BCUT2D eigenvalue weighted by atomic mass is 10.1. The normalized spacial score (nSPS) is 17.0. The van der Waals surface area contributed by atoms with Gasteiger partial charge in [-0.15, -0.1) is 0 Å². The van der Waals surface area contributed by atoms with Gasteiger partial charge >= 0.3 is 6.03 Å². The molecule has 0 radical (unpaired) electrons. The quantitative estimate of drug-likeness (QED) is 0.826. The van der Waals surface area contributed by atoms with E-state index in [4.69, 9.17) is 0 Å². The zero-order valence-corrected chi connectivity index (χ0v) is 16.8. The largest absolute Gasteiger partial charge is 0.368 e. The zero-order chi connectivity index (χ0) is 20.4. The van der Waals surface area contributed by atoms with E-state index >= 15 is 0 Å². The molecule has 0 bridgehead atoms.